The van der Waals surface area contributed by atoms with Gasteiger partial charge in [-0.05, 0) is 61.3 Å². The van der Waals surface area contributed by atoms with Crippen LogP contribution in [-0.2, 0) is 26.1 Å². The molecular formula is C23H28BrN3O4S. The Bertz CT molecular complexity index is 1040. The molecule has 0 spiro atoms. The summed E-state index contributed by atoms with van der Waals surface area (Å²) in [6.07, 6.45) is 1.83. The van der Waals surface area contributed by atoms with Crippen LogP contribution in [0, 0.1) is 5.92 Å². The number of hydrogen-bond acceptors (Lipinski definition) is 5. The number of nitrogens with one attached hydrogen (secondary N) is 1. The second-order valence-electron chi connectivity index (χ2n) is 8.23. The number of carbonyl (C=O) groups is 1. The first kappa shape index (κ1) is 23.4. The zero-order valence-corrected chi connectivity index (χ0v) is 20.3. The molecule has 2 fully saturated rings. The quantitative estimate of drug-likeness (QED) is 0.630. The molecule has 2 saturated heterocycles. The summed E-state index contributed by atoms with van der Waals surface area (Å²) in [5, 5.41) is 2.96. The van der Waals surface area contributed by atoms with Gasteiger partial charge in [0.25, 0.3) is 0 Å². The topological polar surface area (TPSA) is 79.0 Å². The SMILES string of the molecule is O=C(Nc1ccc(S(=O)(=O)N2CCOCC2)cc1)C1CCCN(Cc2cccc(Br)c2)C1. The van der Waals surface area contributed by atoms with E-state index in [-0.39, 0.29) is 16.7 Å². The number of sulfonamides is 1. The summed E-state index contributed by atoms with van der Waals surface area (Å²) in [6, 6.07) is 14.7. The van der Waals surface area contributed by atoms with Crippen molar-refractivity contribution >= 4 is 37.5 Å². The molecule has 0 bridgehead atoms. The first-order valence-corrected chi connectivity index (χ1v) is 13.1. The zero-order valence-electron chi connectivity index (χ0n) is 17.9. The van der Waals surface area contributed by atoms with E-state index in [1.54, 1.807) is 24.3 Å². The first-order chi connectivity index (χ1) is 15.4. The number of carbonyl (C=O) groups excluding carboxylic acids is 1. The zero-order chi connectivity index (χ0) is 22.6. The van der Waals surface area contributed by atoms with Gasteiger partial charge in [0, 0.05) is 36.3 Å². The Morgan fingerprint density at radius 2 is 1.84 bits per heavy atom. The fraction of sp³-hybridized carbons (Fsp3) is 0.435. The normalized spacial score (nSPS) is 20.7. The van der Waals surface area contributed by atoms with Crippen LogP contribution in [0.4, 0.5) is 5.69 Å². The van der Waals surface area contributed by atoms with Gasteiger partial charge in [0.05, 0.1) is 24.0 Å². The third-order valence-electron chi connectivity index (χ3n) is 5.90. The predicted octanol–water partition coefficient (Wildman–Crippen LogP) is 3.32. The smallest absolute Gasteiger partial charge is 0.243 e. The van der Waals surface area contributed by atoms with Crippen LogP contribution < -0.4 is 5.32 Å². The van der Waals surface area contributed by atoms with E-state index in [0.29, 0.717) is 38.5 Å². The number of rotatable bonds is 6. The molecule has 1 unspecified atom stereocenters. The van der Waals surface area contributed by atoms with Gasteiger partial charge < -0.3 is 10.1 Å². The molecule has 1 N–H and O–H groups in total. The number of piperidine rings is 1. The molecule has 2 aromatic carbocycles. The van der Waals surface area contributed by atoms with Crippen LogP contribution in [0.5, 0.6) is 0 Å². The van der Waals surface area contributed by atoms with E-state index in [9.17, 15) is 13.2 Å². The van der Waals surface area contributed by atoms with Crippen LogP contribution in [-0.4, -0.2) is 62.9 Å². The van der Waals surface area contributed by atoms with Crippen molar-refractivity contribution in [3.8, 4) is 0 Å². The molecule has 1 atom stereocenters. The van der Waals surface area contributed by atoms with Crippen LogP contribution in [0.15, 0.2) is 57.9 Å². The van der Waals surface area contributed by atoms with Gasteiger partial charge in [-0.2, -0.15) is 4.31 Å². The lowest BCUT2D eigenvalue weighted by atomic mass is 9.96. The molecule has 0 aromatic heterocycles. The molecule has 0 aliphatic carbocycles. The number of benzene rings is 2. The monoisotopic (exact) mass is 521 g/mol. The highest BCUT2D eigenvalue weighted by Crippen LogP contribution is 2.23. The van der Waals surface area contributed by atoms with Gasteiger partial charge in [0.2, 0.25) is 15.9 Å². The van der Waals surface area contributed by atoms with E-state index < -0.39 is 10.0 Å². The summed E-state index contributed by atoms with van der Waals surface area (Å²) < 4.78 is 33.2. The third kappa shape index (κ3) is 5.77. The Kier molecular flexibility index (Phi) is 7.63. The van der Waals surface area contributed by atoms with E-state index in [4.69, 9.17) is 4.74 Å². The fourth-order valence-electron chi connectivity index (χ4n) is 4.20. The molecule has 2 aliphatic heterocycles. The van der Waals surface area contributed by atoms with Gasteiger partial charge in [-0.3, -0.25) is 9.69 Å². The number of ether oxygens (including phenoxy) is 1. The maximum absolute atomic E-state index is 12.9. The summed E-state index contributed by atoms with van der Waals surface area (Å²) in [5.74, 6) is -0.111. The molecule has 0 radical (unpaired) electrons. The highest BCUT2D eigenvalue weighted by atomic mass is 79.9. The maximum Gasteiger partial charge on any atom is 0.243 e. The van der Waals surface area contributed by atoms with Crippen molar-refractivity contribution in [3.63, 3.8) is 0 Å². The maximum atomic E-state index is 12.9. The Balaban J connectivity index is 1.35. The van der Waals surface area contributed by atoms with Crippen molar-refractivity contribution < 1.29 is 17.9 Å². The van der Waals surface area contributed by atoms with Crippen LogP contribution in [0.1, 0.15) is 18.4 Å². The van der Waals surface area contributed by atoms with Gasteiger partial charge in [0.15, 0.2) is 0 Å². The Labute approximate surface area is 197 Å². The van der Waals surface area contributed by atoms with Crippen LogP contribution in [0.3, 0.4) is 0 Å². The summed E-state index contributed by atoms with van der Waals surface area (Å²) in [7, 11) is -3.54. The average Bonchev–Trinajstić information content (AvgIpc) is 2.80. The van der Waals surface area contributed by atoms with E-state index >= 15 is 0 Å². The van der Waals surface area contributed by atoms with E-state index in [0.717, 1.165) is 30.4 Å². The highest BCUT2D eigenvalue weighted by molar-refractivity contribution is 9.10. The van der Waals surface area contributed by atoms with Crippen LogP contribution in [0.2, 0.25) is 0 Å². The van der Waals surface area contributed by atoms with Crippen molar-refractivity contribution in [3.05, 3.63) is 58.6 Å². The lowest BCUT2D eigenvalue weighted by Gasteiger charge is -2.32. The molecule has 9 heteroatoms. The summed E-state index contributed by atoms with van der Waals surface area (Å²) in [6.45, 7) is 4.04. The van der Waals surface area contributed by atoms with Gasteiger partial charge in [-0.25, -0.2) is 8.42 Å². The standard InChI is InChI=1S/C23H28BrN3O4S/c24-20-5-1-3-18(15-20)16-26-10-2-4-19(17-26)23(28)25-21-6-8-22(9-7-21)32(29,30)27-11-13-31-14-12-27/h1,3,5-9,15,19H,2,4,10-14,16-17H2,(H,25,28). The van der Waals surface area contributed by atoms with Gasteiger partial charge in [-0.1, -0.05) is 28.1 Å². The number of amides is 1. The molecule has 7 nitrogen and oxygen atoms in total. The van der Waals surface area contributed by atoms with Gasteiger partial charge in [0.1, 0.15) is 0 Å². The second kappa shape index (κ2) is 10.4. The lowest BCUT2D eigenvalue weighted by Crippen LogP contribution is -2.40. The number of likely N-dealkylation sites (tertiary alicyclic amines) is 1. The van der Waals surface area contributed by atoms with Crippen molar-refractivity contribution in [1.82, 2.24) is 9.21 Å². The molecule has 4 rings (SSSR count). The number of anilines is 1. The molecule has 0 saturated carbocycles. The number of nitrogens with zero attached hydrogens (tertiary/aromatic N) is 2. The number of halogens is 1. The summed E-state index contributed by atoms with van der Waals surface area (Å²) in [5.41, 5.74) is 1.83. The largest absolute Gasteiger partial charge is 0.379 e. The van der Waals surface area contributed by atoms with Crippen molar-refractivity contribution in [2.45, 2.75) is 24.3 Å². The van der Waals surface area contributed by atoms with E-state index in [1.165, 1.54) is 9.87 Å². The second-order valence-corrected chi connectivity index (χ2v) is 11.1. The Morgan fingerprint density at radius 3 is 2.56 bits per heavy atom. The fourth-order valence-corrected chi connectivity index (χ4v) is 6.05. The molecular weight excluding hydrogens is 494 g/mol. The highest BCUT2D eigenvalue weighted by Gasteiger charge is 2.28. The first-order valence-electron chi connectivity index (χ1n) is 10.9. The third-order valence-corrected chi connectivity index (χ3v) is 8.31. The summed E-state index contributed by atoms with van der Waals surface area (Å²) in [4.78, 5) is 15.4. The molecule has 2 aromatic rings. The van der Waals surface area contributed by atoms with Gasteiger partial charge in [-0.15, -0.1) is 0 Å². The number of hydrogen-bond donors (Lipinski definition) is 1. The lowest BCUT2D eigenvalue weighted by molar-refractivity contribution is -0.121. The molecule has 32 heavy (non-hydrogen) atoms. The van der Waals surface area contributed by atoms with Crippen LogP contribution in [0.25, 0.3) is 0 Å². The minimum atomic E-state index is -3.54. The molecule has 172 valence electrons. The van der Waals surface area contributed by atoms with Gasteiger partial charge >= 0.3 is 0 Å². The number of morpholine rings is 1. The summed E-state index contributed by atoms with van der Waals surface area (Å²) >= 11 is 3.51. The average molecular weight is 522 g/mol. The van der Waals surface area contributed by atoms with Crippen LogP contribution >= 0.6 is 15.9 Å². The van der Waals surface area contributed by atoms with E-state index in [1.807, 2.05) is 12.1 Å². The Morgan fingerprint density at radius 1 is 1.09 bits per heavy atom. The molecule has 1 amide bonds. The molecule has 2 aliphatic rings. The van der Waals surface area contributed by atoms with Crippen molar-refractivity contribution in [1.29, 1.82) is 0 Å². The minimum Gasteiger partial charge on any atom is -0.379 e. The molecule has 2 heterocycles. The van der Waals surface area contributed by atoms with Crippen molar-refractivity contribution in [2.24, 2.45) is 5.92 Å². The Hall–Kier alpha value is -1.78. The minimum absolute atomic E-state index is 0.0206. The van der Waals surface area contributed by atoms with Crippen molar-refractivity contribution in [2.75, 3.05) is 44.7 Å². The predicted molar refractivity (Wildman–Crippen MR) is 127 cm³/mol. The van der Waals surface area contributed by atoms with E-state index in [2.05, 4.69) is 38.3 Å².